The molecule has 0 aliphatic heterocycles. The Labute approximate surface area is 149 Å². The second-order valence-corrected chi connectivity index (χ2v) is 6.41. The van der Waals surface area contributed by atoms with Crippen molar-refractivity contribution in [3.8, 4) is 5.75 Å². The molecule has 1 rings (SSSR count). The summed E-state index contributed by atoms with van der Waals surface area (Å²) in [6.07, 6.45) is 0.736. The lowest BCUT2D eigenvalue weighted by Crippen LogP contribution is -2.40. The minimum atomic E-state index is -0.965. The average molecular weight is 351 g/mol. The van der Waals surface area contributed by atoms with Gasteiger partial charge in [0.1, 0.15) is 16.9 Å². The summed E-state index contributed by atoms with van der Waals surface area (Å²) in [5, 5.41) is 2.78. The molecule has 6 nitrogen and oxygen atoms in total. The quantitative estimate of drug-likeness (QED) is 0.685. The summed E-state index contributed by atoms with van der Waals surface area (Å²) in [7, 11) is 0. The van der Waals surface area contributed by atoms with Crippen LogP contribution in [0.1, 0.15) is 58.3 Å². The Balaban J connectivity index is 3.03. The van der Waals surface area contributed by atoms with Crippen LogP contribution in [0, 0.1) is 0 Å². The van der Waals surface area contributed by atoms with E-state index in [0.717, 1.165) is 6.42 Å². The van der Waals surface area contributed by atoms with Gasteiger partial charge in [-0.3, -0.25) is 4.79 Å². The Hall–Kier alpha value is -2.08. The van der Waals surface area contributed by atoms with Crippen LogP contribution in [0.5, 0.6) is 5.75 Å². The number of nitrogens with one attached hydrogen (secondary N) is 1. The van der Waals surface area contributed by atoms with Crippen LogP contribution in [-0.4, -0.2) is 36.8 Å². The monoisotopic (exact) mass is 351 g/mol. The highest BCUT2D eigenvalue weighted by Crippen LogP contribution is 2.26. The van der Waals surface area contributed by atoms with Crippen molar-refractivity contribution >= 4 is 17.6 Å². The van der Waals surface area contributed by atoms with Gasteiger partial charge in [-0.1, -0.05) is 6.92 Å². The molecule has 0 atom stereocenters. The molecule has 0 heterocycles. The molecule has 0 spiro atoms. The topological polar surface area (TPSA) is 73.9 Å². The number of esters is 1. The molecule has 25 heavy (non-hydrogen) atoms. The highest BCUT2D eigenvalue weighted by atomic mass is 16.5. The first-order valence-corrected chi connectivity index (χ1v) is 8.64. The number of anilines is 1. The standard InChI is InChI=1S/C19H29NO5/c1-7-11-24-19(5,6)18(22)20-14-9-10-16(25-13(3)4)15(12-14)17(21)23-8-2/h9-10,12-13H,7-8,11H2,1-6H3,(H,20,22). The maximum atomic E-state index is 12.4. The van der Waals surface area contributed by atoms with E-state index in [1.165, 1.54) is 0 Å². The van der Waals surface area contributed by atoms with Crippen LogP contribution >= 0.6 is 0 Å². The summed E-state index contributed by atoms with van der Waals surface area (Å²) in [4.78, 5) is 24.6. The van der Waals surface area contributed by atoms with Crippen molar-refractivity contribution < 1.29 is 23.8 Å². The molecule has 0 aliphatic rings. The fourth-order valence-electron chi connectivity index (χ4n) is 2.04. The number of amides is 1. The minimum absolute atomic E-state index is 0.0880. The first-order chi connectivity index (χ1) is 11.7. The molecule has 0 unspecified atom stereocenters. The van der Waals surface area contributed by atoms with E-state index >= 15 is 0 Å². The molecular formula is C19H29NO5. The van der Waals surface area contributed by atoms with E-state index in [2.05, 4.69) is 5.32 Å². The van der Waals surface area contributed by atoms with Gasteiger partial charge in [0.05, 0.1) is 12.7 Å². The molecule has 1 N–H and O–H groups in total. The van der Waals surface area contributed by atoms with Crippen molar-refractivity contribution in [2.24, 2.45) is 0 Å². The Morgan fingerprint density at radius 3 is 2.44 bits per heavy atom. The summed E-state index contributed by atoms with van der Waals surface area (Å²) >= 11 is 0. The van der Waals surface area contributed by atoms with Crippen molar-refractivity contribution in [2.45, 2.75) is 59.7 Å². The zero-order valence-corrected chi connectivity index (χ0v) is 16.0. The molecule has 0 aliphatic carbocycles. The lowest BCUT2D eigenvalue weighted by atomic mass is 10.1. The number of rotatable bonds is 9. The van der Waals surface area contributed by atoms with Gasteiger partial charge in [0, 0.05) is 12.3 Å². The molecule has 0 bridgehead atoms. The number of hydrogen-bond donors (Lipinski definition) is 1. The van der Waals surface area contributed by atoms with Crippen molar-refractivity contribution in [3.05, 3.63) is 23.8 Å². The van der Waals surface area contributed by atoms with E-state index in [0.29, 0.717) is 18.0 Å². The van der Waals surface area contributed by atoms with Gasteiger partial charge in [0.15, 0.2) is 0 Å². The van der Waals surface area contributed by atoms with Gasteiger partial charge in [0.25, 0.3) is 5.91 Å². The zero-order chi connectivity index (χ0) is 19.0. The second kappa shape index (κ2) is 9.42. The molecule has 140 valence electrons. The lowest BCUT2D eigenvalue weighted by Gasteiger charge is -2.24. The van der Waals surface area contributed by atoms with Crippen LogP contribution in [-0.2, 0) is 14.3 Å². The summed E-state index contributed by atoms with van der Waals surface area (Å²) in [6.45, 7) is 11.6. The predicted octanol–water partition coefficient (Wildman–Crippen LogP) is 3.79. The number of carbonyl (C=O) groups is 2. The fourth-order valence-corrected chi connectivity index (χ4v) is 2.04. The van der Waals surface area contributed by atoms with E-state index < -0.39 is 11.6 Å². The number of carbonyl (C=O) groups excluding carboxylic acids is 2. The van der Waals surface area contributed by atoms with Crippen LogP contribution in [0.2, 0.25) is 0 Å². The molecule has 0 fully saturated rings. The van der Waals surface area contributed by atoms with Gasteiger partial charge in [0.2, 0.25) is 0 Å². The molecule has 0 saturated carbocycles. The third-order valence-corrected chi connectivity index (χ3v) is 3.31. The summed E-state index contributed by atoms with van der Waals surface area (Å²) < 4.78 is 16.3. The van der Waals surface area contributed by atoms with E-state index in [9.17, 15) is 9.59 Å². The van der Waals surface area contributed by atoms with Crippen LogP contribution in [0.25, 0.3) is 0 Å². The van der Waals surface area contributed by atoms with Crippen molar-refractivity contribution in [3.63, 3.8) is 0 Å². The van der Waals surface area contributed by atoms with Crippen molar-refractivity contribution in [2.75, 3.05) is 18.5 Å². The highest BCUT2D eigenvalue weighted by Gasteiger charge is 2.28. The highest BCUT2D eigenvalue weighted by molar-refractivity contribution is 5.99. The Bertz CT molecular complexity index is 595. The fraction of sp³-hybridized carbons (Fsp3) is 0.579. The summed E-state index contributed by atoms with van der Waals surface area (Å²) in [5.74, 6) is -0.350. The number of ether oxygens (including phenoxy) is 3. The molecule has 0 saturated heterocycles. The number of hydrogen-bond acceptors (Lipinski definition) is 5. The second-order valence-electron chi connectivity index (χ2n) is 6.41. The van der Waals surface area contributed by atoms with Crippen molar-refractivity contribution in [1.82, 2.24) is 0 Å². The van der Waals surface area contributed by atoms with Crippen LogP contribution in [0.15, 0.2) is 18.2 Å². The zero-order valence-electron chi connectivity index (χ0n) is 16.0. The predicted molar refractivity (Wildman–Crippen MR) is 97.1 cm³/mol. The molecule has 1 aromatic rings. The van der Waals surface area contributed by atoms with E-state index in [4.69, 9.17) is 14.2 Å². The van der Waals surface area contributed by atoms with Crippen molar-refractivity contribution in [1.29, 1.82) is 0 Å². The van der Waals surface area contributed by atoms with E-state index in [1.807, 2.05) is 20.8 Å². The minimum Gasteiger partial charge on any atom is -0.490 e. The maximum Gasteiger partial charge on any atom is 0.341 e. The third kappa shape index (κ3) is 6.38. The van der Waals surface area contributed by atoms with Crippen LogP contribution in [0.3, 0.4) is 0 Å². The normalized spacial score (nSPS) is 11.3. The van der Waals surface area contributed by atoms with Gasteiger partial charge in [-0.25, -0.2) is 4.79 Å². The first-order valence-electron chi connectivity index (χ1n) is 8.64. The van der Waals surface area contributed by atoms with E-state index in [1.54, 1.807) is 39.0 Å². The maximum absolute atomic E-state index is 12.4. The molecule has 1 aromatic carbocycles. The van der Waals surface area contributed by atoms with Gasteiger partial charge < -0.3 is 19.5 Å². The molecule has 0 radical (unpaired) electrons. The van der Waals surface area contributed by atoms with Gasteiger partial charge in [-0.15, -0.1) is 0 Å². The lowest BCUT2D eigenvalue weighted by molar-refractivity contribution is -0.137. The largest absolute Gasteiger partial charge is 0.490 e. The Morgan fingerprint density at radius 1 is 1.20 bits per heavy atom. The van der Waals surface area contributed by atoms with Gasteiger partial charge in [-0.2, -0.15) is 0 Å². The van der Waals surface area contributed by atoms with Gasteiger partial charge in [-0.05, 0) is 59.2 Å². The number of benzene rings is 1. The van der Waals surface area contributed by atoms with Gasteiger partial charge >= 0.3 is 5.97 Å². The Morgan fingerprint density at radius 2 is 1.88 bits per heavy atom. The summed E-state index contributed by atoms with van der Waals surface area (Å²) in [6, 6.07) is 4.90. The molecule has 6 heteroatoms. The van der Waals surface area contributed by atoms with E-state index in [-0.39, 0.29) is 24.2 Å². The molecule has 0 aromatic heterocycles. The first kappa shape index (κ1) is 21.0. The van der Waals surface area contributed by atoms with Crippen LogP contribution in [0.4, 0.5) is 5.69 Å². The smallest absolute Gasteiger partial charge is 0.341 e. The van der Waals surface area contributed by atoms with Crippen LogP contribution < -0.4 is 10.1 Å². The third-order valence-electron chi connectivity index (χ3n) is 3.31. The summed E-state index contributed by atoms with van der Waals surface area (Å²) in [5.41, 5.74) is -0.203. The SMILES string of the molecule is CCCOC(C)(C)C(=O)Nc1ccc(OC(C)C)c(C(=O)OCC)c1. The average Bonchev–Trinajstić information content (AvgIpc) is 2.54. The Kier molecular flexibility index (Phi) is 7.90. The molecular weight excluding hydrogens is 322 g/mol. The molecule has 1 amide bonds.